The molecule has 18 heavy (non-hydrogen) atoms. The maximum atomic E-state index is 11.7. The van der Waals surface area contributed by atoms with E-state index in [1.807, 2.05) is 4.90 Å². The molecule has 1 aliphatic heterocycles. The number of hydrogen-bond donors (Lipinski definition) is 3. The number of H-pyrrole nitrogens is 1. The lowest BCUT2D eigenvalue weighted by atomic mass is 10.3. The Labute approximate surface area is 105 Å². The molecule has 7 heteroatoms. The van der Waals surface area contributed by atoms with E-state index in [0.717, 1.165) is 25.9 Å². The minimum atomic E-state index is -0.298. The van der Waals surface area contributed by atoms with Gasteiger partial charge in [-0.15, -0.1) is 0 Å². The molecule has 2 amide bonds. The topological polar surface area (TPSA) is 104 Å². The number of nitrogens with zero attached hydrogens (tertiary/aromatic N) is 2. The van der Waals surface area contributed by atoms with Crippen molar-refractivity contribution in [1.82, 2.24) is 20.4 Å². The van der Waals surface area contributed by atoms with Crippen molar-refractivity contribution in [3.63, 3.8) is 0 Å². The number of likely N-dealkylation sites (tertiary alicyclic amines) is 1. The molecule has 0 atom stereocenters. The van der Waals surface area contributed by atoms with Crippen LogP contribution in [0.15, 0.2) is 6.07 Å². The van der Waals surface area contributed by atoms with Gasteiger partial charge in [0.1, 0.15) is 11.5 Å². The van der Waals surface area contributed by atoms with Gasteiger partial charge in [-0.25, -0.2) is 0 Å². The molecule has 7 nitrogen and oxygen atoms in total. The Hall–Kier alpha value is -2.05. The van der Waals surface area contributed by atoms with Crippen molar-refractivity contribution in [2.45, 2.75) is 19.3 Å². The summed E-state index contributed by atoms with van der Waals surface area (Å²) in [5, 5.41) is 8.83. The summed E-state index contributed by atoms with van der Waals surface area (Å²) in [6.45, 7) is 2.00. The molecule has 1 aromatic heterocycles. The Morgan fingerprint density at radius 2 is 2.17 bits per heavy atom. The summed E-state index contributed by atoms with van der Waals surface area (Å²) in [6.07, 6.45) is 2.48. The second-order valence-corrected chi connectivity index (χ2v) is 4.30. The molecule has 98 valence electrons. The second-order valence-electron chi connectivity index (χ2n) is 4.30. The van der Waals surface area contributed by atoms with Gasteiger partial charge in [-0.1, -0.05) is 0 Å². The van der Waals surface area contributed by atoms with E-state index in [1.54, 1.807) is 0 Å². The first-order valence-corrected chi connectivity index (χ1v) is 6.03. The van der Waals surface area contributed by atoms with Crippen LogP contribution < -0.4 is 11.1 Å². The highest BCUT2D eigenvalue weighted by Gasteiger charge is 2.17. The van der Waals surface area contributed by atoms with Crippen molar-refractivity contribution in [2.75, 3.05) is 25.4 Å². The number of aromatic amines is 1. The molecule has 1 saturated heterocycles. The van der Waals surface area contributed by atoms with Gasteiger partial charge < -0.3 is 16.0 Å². The summed E-state index contributed by atoms with van der Waals surface area (Å²) in [6, 6.07) is 1.46. The fourth-order valence-corrected chi connectivity index (χ4v) is 1.96. The first-order valence-electron chi connectivity index (χ1n) is 6.03. The van der Waals surface area contributed by atoms with E-state index in [0.29, 0.717) is 18.7 Å². The van der Waals surface area contributed by atoms with E-state index in [2.05, 4.69) is 15.5 Å². The molecule has 4 N–H and O–H groups in total. The van der Waals surface area contributed by atoms with Crippen molar-refractivity contribution in [2.24, 2.45) is 0 Å². The van der Waals surface area contributed by atoms with Crippen molar-refractivity contribution in [3.05, 3.63) is 11.8 Å². The number of rotatable bonds is 4. The zero-order valence-corrected chi connectivity index (χ0v) is 10.1. The maximum Gasteiger partial charge on any atom is 0.269 e. The Bertz CT molecular complexity index is 436. The van der Waals surface area contributed by atoms with Crippen molar-refractivity contribution in [1.29, 1.82) is 0 Å². The molecule has 0 aliphatic carbocycles. The van der Waals surface area contributed by atoms with Crippen LogP contribution in [0.25, 0.3) is 0 Å². The highest BCUT2D eigenvalue weighted by atomic mass is 16.2. The molecule has 1 aliphatic rings. The van der Waals surface area contributed by atoms with Crippen LogP contribution >= 0.6 is 0 Å². The zero-order chi connectivity index (χ0) is 13.0. The van der Waals surface area contributed by atoms with Gasteiger partial charge in [0.25, 0.3) is 5.91 Å². The Balaban J connectivity index is 1.71. The number of nitrogens with two attached hydrogens (primary N) is 1. The number of aromatic nitrogens is 2. The zero-order valence-electron chi connectivity index (χ0n) is 10.1. The van der Waals surface area contributed by atoms with Gasteiger partial charge in [-0.05, 0) is 12.8 Å². The molecule has 1 aromatic rings. The van der Waals surface area contributed by atoms with Crippen LogP contribution in [0, 0.1) is 0 Å². The molecular formula is C11H17N5O2. The monoisotopic (exact) mass is 251 g/mol. The molecule has 0 saturated carbocycles. The number of amides is 2. The Morgan fingerprint density at radius 3 is 2.78 bits per heavy atom. The molecule has 2 heterocycles. The van der Waals surface area contributed by atoms with Crippen LogP contribution in [0.5, 0.6) is 0 Å². The third-order valence-electron chi connectivity index (χ3n) is 2.93. The third kappa shape index (κ3) is 2.99. The molecule has 0 aromatic carbocycles. The minimum absolute atomic E-state index is 0.0944. The average molecular weight is 251 g/mol. The first-order chi connectivity index (χ1) is 8.66. The summed E-state index contributed by atoms with van der Waals surface area (Å²) in [5.74, 6) is 0.0682. The number of carbonyl (C=O) groups is 2. The fourth-order valence-electron chi connectivity index (χ4n) is 1.96. The van der Waals surface area contributed by atoms with Crippen LogP contribution in [0.2, 0.25) is 0 Å². The first kappa shape index (κ1) is 12.4. The van der Waals surface area contributed by atoms with Crippen molar-refractivity contribution >= 4 is 17.6 Å². The maximum absolute atomic E-state index is 11.7. The molecule has 0 bridgehead atoms. The van der Waals surface area contributed by atoms with E-state index >= 15 is 0 Å². The SMILES string of the molecule is Nc1cc(C(=O)NCCC(=O)N2CCCC2)[nH]n1. The number of nitrogens with one attached hydrogen (secondary N) is 2. The van der Waals surface area contributed by atoms with Gasteiger partial charge in [0.15, 0.2) is 0 Å². The molecule has 0 spiro atoms. The fraction of sp³-hybridized carbons (Fsp3) is 0.545. The highest BCUT2D eigenvalue weighted by molar-refractivity contribution is 5.93. The summed E-state index contributed by atoms with van der Waals surface area (Å²) < 4.78 is 0. The van der Waals surface area contributed by atoms with Gasteiger partial charge in [0.05, 0.1) is 0 Å². The molecule has 1 fully saturated rings. The largest absolute Gasteiger partial charge is 0.382 e. The standard InChI is InChI=1S/C11H17N5O2/c12-9-7-8(14-15-9)11(18)13-4-3-10(17)16-5-1-2-6-16/h7H,1-6H2,(H,13,18)(H3,12,14,15). The van der Waals surface area contributed by atoms with E-state index in [-0.39, 0.29) is 17.6 Å². The van der Waals surface area contributed by atoms with Gasteiger partial charge in [0.2, 0.25) is 5.91 Å². The lowest BCUT2D eigenvalue weighted by Gasteiger charge is -2.14. The van der Waals surface area contributed by atoms with Gasteiger partial charge in [0, 0.05) is 32.1 Å². The Morgan fingerprint density at radius 1 is 1.44 bits per heavy atom. The van der Waals surface area contributed by atoms with E-state index in [4.69, 9.17) is 5.73 Å². The highest BCUT2D eigenvalue weighted by Crippen LogP contribution is 2.08. The second kappa shape index (κ2) is 5.52. The number of carbonyl (C=O) groups excluding carboxylic acids is 2. The van der Waals surface area contributed by atoms with Gasteiger partial charge >= 0.3 is 0 Å². The van der Waals surface area contributed by atoms with Gasteiger partial charge in [-0.3, -0.25) is 14.7 Å². The minimum Gasteiger partial charge on any atom is -0.382 e. The molecular weight excluding hydrogens is 234 g/mol. The molecule has 0 unspecified atom stereocenters. The van der Waals surface area contributed by atoms with Crippen LogP contribution in [-0.4, -0.2) is 46.5 Å². The number of nitrogen functional groups attached to an aromatic ring is 1. The number of hydrogen-bond acceptors (Lipinski definition) is 4. The molecule has 0 radical (unpaired) electrons. The quantitative estimate of drug-likeness (QED) is 0.685. The normalized spacial score (nSPS) is 14.8. The van der Waals surface area contributed by atoms with E-state index in [9.17, 15) is 9.59 Å². The van der Waals surface area contributed by atoms with Crippen molar-refractivity contribution in [3.8, 4) is 0 Å². The summed E-state index contributed by atoms with van der Waals surface area (Å²) in [7, 11) is 0. The lowest BCUT2D eigenvalue weighted by Crippen LogP contribution is -2.32. The van der Waals surface area contributed by atoms with Gasteiger partial charge in [-0.2, -0.15) is 5.10 Å². The third-order valence-corrected chi connectivity index (χ3v) is 2.93. The lowest BCUT2D eigenvalue weighted by molar-refractivity contribution is -0.129. The van der Waals surface area contributed by atoms with Crippen LogP contribution in [0.3, 0.4) is 0 Å². The van der Waals surface area contributed by atoms with Crippen LogP contribution in [0.4, 0.5) is 5.82 Å². The van der Waals surface area contributed by atoms with E-state index < -0.39 is 0 Å². The van der Waals surface area contributed by atoms with Crippen molar-refractivity contribution < 1.29 is 9.59 Å². The average Bonchev–Trinajstić information content (AvgIpc) is 2.99. The van der Waals surface area contributed by atoms with E-state index in [1.165, 1.54) is 6.07 Å². The summed E-state index contributed by atoms with van der Waals surface area (Å²) >= 11 is 0. The van der Waals surface area contributed by atoms with Crippen LogP contribution in [-0.2, 0) is 4.79 Å². The predicted octanol–water partition coefficient (Wildman–Crippen LogP) is -0.266. The molecule has 2 rings (SSSR count). The summed E-state index contributed by atoms with van der Waals surface area (Å²) in [4.78, 5) is 25.1. The predicted molar refractivity (Wildman–Crippen MR) is 65.8 cm³/mol. The Kier molecular flexibility index (Phi) is 3.81. The smallest absolute Gasteiger partial charge is 0.269 e. The summed E-state index contributed by atoms with van der Waals surface area (Å²) in [5.41, 5.74) is 5.70. The number of anilines is 1. The van der Waals surface area contributed by atoms with Crippen LogP contribution in [0.1, 0.15) is 29.8 Å².